The van der Waals surface area contributed by atoms with Gasteiger partial charge in [-0.2, -0.15) is 0 Å². The molecule has 1 nitrogen and oxygen atoms in total. The number of fused-ring (bicyclic) bond motifs is 3. The van der Waals surface area contributed by atoms with E-state index in [1.807, 2.05) is 12.1 Å². The molecular weight excluding hydrogens is 532 g/mol. The Bertz CT molecular complexity index is 2280. The minimum absolute atomic E-state index is 0.860. The van der Waals surface area contributed by atoms with Gasteiger partial charge in [-0.05, 0) is 101 Å². The van der Waals surface area contributed by atoms with E-state index in [2.05, 4.69) is 152 Å². The Kier molecular flexibility index (Phi) is 6.43. The van der Waals surface area contributed by atoms with E-state index in [9.17, 15) is 0 Å². The molecule has 0 aliphatic carbocycles. The van der Waals surface area contributed by atoms with Gasteiger partial charge in [-0.25, -0.2) is 0 Å². The smallest absolute Gasteiger partial charge is 0.118 e. The summed E-state index contributed by atoms with van der Waals surface area (Å²) in [5.74, 6) is 0.860. The minimum atomic E-state index is 0.860. The van der Waals surface area contributed by atoms with Gasteiger partial charge in [0.1, 0.15) is 5.75 Å². The fourth-order valence-corrected chi connectivity index (χ4v) is 6.57. The van der Waals surface area contributed by atoms with Gasteiger partial charge < -0.3 is 4.74 Å². The van der Waals surface area contributed by atoms with Crippen molar-refractivity contribution in [1.82, 2.24) is 0 Å². The number of hydrogen-bond acceptors (Lipinski definition) is 1. The second-order valence-corrected chi connectivity index (χ2v) is 11.3. The summed E-state index contributed by atoms with van der Waals surface area (Å²) >= 11 is 0. The SMILES string of the molecule is COc1ccc(-c2ccc3c(-c4ccc(-c5ccccc5)cc4)c4ccccc4c(-c4ccc5ccccc5c4)c3c2)cc1. The largest absolute Gasteiger partial charge is 0.497 e. The molecular formula is C43H30O. The van der Waals surface area contributed by atoms with Gasteiger partial charge in [0.25, 0.3) is 0 Å². The molecule has 0 radical (unpaired) electrons. The van der Waals surface area contributed by atoms with E-state index in [1.54, 1.807) is 7.11 Å². The van der Waals surface area contributed by atoms with Crippen molar-refractivity contribution in [2.45, 2.75) is 0 Å². The summed E-state index contributed by atoms with van der Waals surface area (Å²) < 4.78 is 5.44. The van der Waals surface area contributed by atoms with Crippen molar-refractivity contribution in [2.24, 2.45) is 0 Å². The molecule has 8 aromatic rings. The summed E-state index contributed by atoms with van der Waals surface area (Å²) in [6, 6.07) is 59.2. The standard InChI is InChI=1S/C43H30O/c1-44-37-24-21-32(22-25-37)35-23-26-40-41(28-35)43(36-20-17-30-11-5-6-12-34(30)27-36)39-14-8-7-13-38(39)42(40)33-18-15-31(16-19-33)29-9-3-2-4-10-29/h2-28H,1H3. The van der Waals surface area contributed by atoms with Crippen LogP contribution in [-0.4, -0.2) is 7.11 Å². The van der Waals surface area contributed by atoms with Crippen LogP contribution in [0.25, 0.3) is 76.8 Å². The van der Waals surface area contributed by atoms with Crippen LogP contribution in [0.5, 0.6) is 5.75 Å². The van der Waals surface area contributed by atoms with Crippen LogP contribution < -0.4 is 4.74 Å². The van der Waals surface area contributed by atoms with Gasteiger partial charge in [0.2, 0.25) is 0 Å². The number of benzene rings is 8. The maximum Gasteiger partial charge on any atom is 0.118 e. The van der Waals surface area contributed by atoms with E-state index in [0.717, 1.165) is 5.75 Å². The predicted molar refractivity (Wildman–Crippen MR) is 187 cm³/mol. The Morgan fingerprint density at radius 2 is 0.818 bits per heavy atom. The molecule has 0 atom stereocenters. The zero-order valence-corrected chi connectivity index (χ0v) is 24.5. The quantitative estimate of drug-likeness (QED) is 0.190. The molecule has 0 aromatic heterocycles. The molecule has 0 heterocycles. The highest BCUT2D eigenvalue weighted by Gasteiger charge is 2.18. The van der Waals surface area contributed by atoms with Crippen molar-refractivity contribution in [3.8, 4) is 50.3 Å². The summed E-state index contributed by atoms with van der Waals surface area (Å²) in [6.07, 6.45) is 0. The average molecular weight is 563 g/mol. The molecule has 0 unspecified atom stereocenters. The molecule has 8 rings (SSSR count). The Morgan fingerprint density at radius 3 is 1.55 bits per heavy atom. The Labute approximate surface area is 257 Å². The molecule has 0 fully saturated rings. The first-order chi connectivity index (χ1) is 21.8. The van der Waals surface area contributed by atoms with Gasteiger partial charge in [0, 0.05) is 0 Å². The third kappa shape index (κ3) is 4.51. The molecule has 1 heteroatoms. The zero-order valence-electron chi connectivity index (χ0n) is 24.5. The van der Waals surface area contributed by atoms with E-state index in [-0.39, 0.29) is 0 Å². The van der Waals surface area contributed by atoms with Crippen LogP contribution in [0.1, 0.15) is 0 Å². The van der Waals surface area contributed by atoms with E-state index in [4.69, 9.17) is 4.74 Å². The van der Waals surface area contributed by atoms with Crippen LogP contribution in [0.2, 0.25) is 0 Å². The van der Waals surface area contributed by atoms with Crippen molar-refractivity contribution >= 4 is 32.3 Å². The molecule has 0 aliphatic heterocycles. The number of hydrogen-bond donors (Lipinski definition) is 0. The first-order valence-electron chi connectivity index (χ1n) is 15.0. The molecule has 208 valence electrons. The Hall–Kier alpha value is -5.66. The monoisotopic (exact) mass is 562 g/mol. The normalized spacial score (nSPS) is 11.3. The Morgan fingerprint density at radius 1 is 0.318 bits per heavy atom. The third-order valence-corrected chi connectivity index (χ3v) is 8.77. The number of methoxy groups -OCH3 is 1. The van der Waals surface area contributed by atoms with E-state index < -0.39 is 0 Å². The number of ether oxygens (including phenoxy) is 1. The molecule has 0 amide bonds. The fraction of sp³-hybridized carbons (Fsp3) is 0.0233. The van der Waals surface area contributed by atoms with Crippen LogP contribution in [0.3, 0.4) is 0 Å². The lowest BCUT2D eigenvalue weighted by atomic mass is 9.84. The van der Waals surface area contributed by atoms with Crippen LogP contribution in [0.4, 0.5) is 0 Å². The summed E-state index contributed by atoms with van der Waals surface area (Å²) in [5, 5.41) is 7.50. The second-order valence-electron chi connectivity index (χ2n) is 11.3. The van der Waals surface area contributed by atoms with Crippen molar-refractivity contribution < 1.29 is 4.74 Å². The molecule has 0 saturated carbocycles. The molecule has 0 spiro atoms. The minimum Gasteiger partial charge on any atom is -0.497 e. The maximum atomic E-state index is 5.44. The van der Waals surface area contributed by atoms with Crippen LogP contribution in [0.15, 0.2) is 164 Å². The third-order valence-electron chi connectivity index (χ3n) is 8.77. The van der Waals surface area contributed by atoms with E-state index in [0.29, 0.717) is 0 Å². The molecule has 8 aromatic carbocycles. The highest BCUT2D eigenvalue weighted by molar-refractivity contribution is 6.22. The maximum absolute atomic E-state index is 5.44. The van der Waals surface area contributed by atoms with Crippen molar-refractivity contribution in [2.75, 3.05) is 7.11 Å². The van der Waals surface area contributed by atoms with Gasteiger partial charge in [0.05, 0.1) is 7.11 Å². The van der Waals surface area contributed by atoms with Crippen LogP contribution >= 0.6 is 0 Å². The van der Waals surface area contributed by atoms with Gasteiger partial charge in [-0.15, -0.1) is 0 Å². The van der Waals surface area contributed by atoms with Crippen molar-refractivity contribution in [3.05, 3.63) is 164 Å². The van der Waals surface area contributed by atoms with Gasteiger partial charge in [0.15, 0.2) is 0 Å². The lowest BCUT2D eigenvalue weighted by molar-refractivity contribution is 0.415. The second kappa shape index (κ2) is 10.9. The highest BCUT2D eigenvalue weighted by Crippen LogP contribution is 2.45. The predicted octanol–water partition coefficient (Wildman–Crippen LogP) is 11.8. The molecule has 0 bridgehead atoms. The topological polar surface area (TPSA) is 9.23 Å². The lowest BCUT2D eigenvalue weighted by Gasteiger charge is -2.19. The highest BCUT2D eigenvalue weighted by atomic mass is 16.5. The van der Waals surface area contributed by atoms with Crippen LogP contribution in [0, 0.1) is 0 Å². The lowest BCUT2D eigenvalue weighted by Crippen LogP contribution is -1.92. The fourth-order valence-electron chi connectivity index (χ4n) is 6.57. The van der Waals surface area contributed by atoms with Gasteiger partial charge in [-0.3, -0.25) is 0 Å². The van der Waals surface area contributed by atoms with Crippen molar-refractivity contribution in [3.63, 3.8) is 0 Å². The number of rotatable bonds is 5. The van der Waals surface area contributed by atoms with E-state index in [1.165, 1.54) is 76.8 Å². The first-order valence-corrected chi connectivity index (χ1v) is 15.0. The van der Waals surface area contributed by atoms with Crippen molar-refractivity contribution in [1.29, 1.82) is 0 Å². The van der Waals surface area contributed by atoms with Gasteiger partial charge >= 0.3 is 0 Å². The summed E-state index contributed by atoms with van der Waals surface area (Å²) in [5.41, 5.74) is 9.77. The first kappa shape index (κ1) is 26.0. The summed E-state index contributed by atoms with van der Waals surface area (Å²) in [7, 11) is 1.71. The van der Waals surface area contributed by atoms with E-state index >= 15 is 0 Å². The zero-order chi connectivity index (χ0) is 29.5. The average Bonchev–Trinajstić information content (AvgIpc) is 3.10. The molecule has 44 heavy (non-hydrogen) atoms. The Balaban J connectivity index is 1.42. The van der Waals surface area contributed by atoms with Gasteiger partial charge in [-0.1, -0.05) is 140 Å². The summed E-state index contributed by atoms with van der Waals surface area (Å²) in [4.78, 5) is 0. The molecule has 0 N–H and O–H groups in total. The summed E-state index contributed by atoms with van der Waals surface area (Å²) in [6.45, 7) is 0. The van der Waals surface area contributed by atoms with Crippen LogP contribution in [-0.2, 0) is 0 Å². The molecule has 0 aliphatic rings. The molecule has 0 saturated heterocycles.